The standard InChI is InChI=1S/C20H31N3O4S2/c1-5-6-7-8-14(2)22-18(24)20(11-12-20)15-9-10-16(27-4)17(13-15)29(25,26)23-19(28)21-3/h9-10,13-14H,5-8,11-12H2,1-4H3,(H,22,24)(H2,21,23,28)/t14-/m0/s1. The van der Waals surface area contributed by atoms with Crippen LogP contribution in [0.15, 0.2) is 23.1 Å². The summed E-state index contributed by atoms with van der Waals surface area (Å²) in [7, 11) is -1.01. The van der Waals surface area contributed by atoms with E-state index in [1.807, 2.05) is 6.92 Å². The number of rotatable bonds is 10. The molecule has 1 atom stereocenters. The highest BCUT2D eigenvalue weighted by atomic mass is 32.2. The minimum Gasteiger partial charge on any atom is -0.495 e. The van der Waals surface area contributed by atoms with Gasteiger partial charge < -0.3 is 15.4 Å². The maximum atomic E-state index is 13.0. The van der Waals surface area contributed by atoms with Gasteiger partial charge in [0.25, 0.3) is 10.0 Å². The number of carbonyl (C=O) groups excluding carboxylic acids is 1. The van der Waals surface area contributed by atoms with Crippen molar-refractivity contribution < 1.29 is 17.9 Å². The molecule has 0 bridgehead atoms. The second kappa shape index (κ2) is 9.75. The van der Waals surface area contributed by atoms with E-state index in [9.17, 15) is 13.2 Å². The Balaban J connectivity index is 2.26. The van der Waals surface area contributed by atoms with Crippen LogP contribution < -0.4 is 20.1 Å². The van der Waals surface area contributed by atoms with E-state index in [4.69, 9.17) is 17.0 Å². The molecule has 0 aliphatic heterocycles. The Morgan fingerprint density at radius 2 is 2.00 bits per heavy atom. The molecule has 0 radical (unpaired) electrons. The molecule has 1 aromatic carbocycles. The van der Waals surface area contributed by atoms with E-state index >= 15 is 0 Å². The van der Waals surface area contributed by atoms with Crippen LogP contribution in [0, 0.1) is 0 Å². The Labute approximate surface area is 179 Å². The van der Waals surface area contributed by atoms with Gasteiger partial charge in [-0.1, -0.05) is 32.3 Å². The van der Waals surface area contributed by atoms with Crippen molar-refractivity contribution in [2.24, 2.45) is 0 Å². The molecule has 1 aliphatic rings. The molecular weight excluding hydrogens is 410 g/mol. The van der Waals surface area contributed by atoms with E-state index in [0.29, 0.717) is 18.4 Å². The summed E-state index contributed by atoms with van der Waals surface area (Å²) in [6.07, 6.45) is 5.67. The summed E-state index contributed by atoms with van der Waals surface area (Å²) in [5, 5.41) is 5.67. The van der Waals surface area contributed by atoms with E-state index in [-0.39, 0.29) is 27.7 Å². The number of sulfonamides is 1. The lowest BCUT2D eigenvalue weighted by molar-refractivity contribution is -0.124. The number of carbonyl (C=O) groups is 1. The first-order chi connectivity index (χ1) is 13.7. The van der Waals surface area contributed by atoms with Crippen molar-refractivity contribution in [3.05, 3.63) is 23.8 Å². The number of benzene rings is 1. The first kappa shape index (κ1) is 23.4. The summed E-state index contributed by atoms with van der Waals surface area (Å²) in [6.45, 7) is 4.16. The van der Waals surface area contributed by atoms with Crippen LogP contribution in [0.25, 0.3) is 0 Å². The third-order valence-electron chi connectivity index (χ3n) is 5.26. The molecule has 9 heteroatoms. The van der Waals surface area contributed by atoms with Gasteiger partial charge >= 0.3 is 0 Å². The molecule has 3 N–H and O–H groups in total. The van der Waals surface area contributed by atoms with Gasteiger partial charge in [0.1, 0.15) is 10.6 Å². The van der Waals surface area contributed by atoms with Crippen molar-refractivity contribution in [1.82, 2.24) is 15.4 Å². The molecule has 1 saturated carbocycles. The first-order valence-electron chi connectivity index (χ1n) is 9.94. The Morgan fingerprint density at radius 3 is 2.55 bits per heavy atom. The molecule has 0 heterocycles. The summed E-state index contributed by atoms with van der Waals surface area (Å²) in [5.74, 6) is 0.151. The van der Waals surface area contributed by atoms with E-state index in [1.165, 1.54) is 20.2 Å². The molecule has 1 amide bonds. The average molecular weight is 442 g/mol. The van der Waals surface area contributed by atoms with Crippen molar-refractivity contribution in [3.8, 4) is 5.75 Å². The number of hydrogen-bond acceptors (Lipinski definition) is 5. The number of methoxy groups -OCH3 is 1. The predicted octanol–water partition coefficient (Wildman–Crippen LogP) is 2.59. The summed E-state index contributed by atoms with van der Waals surface area (Å²) >= 11 is 4.93. The van der Waals surface area contributed by atoms with Crippen LogP contribution >= 0.6 is 12.2 Å². The van der Waals surface area contributed by atoms with Crippen molar-refractivity contribution in [2.45, 2.75) is 68.7 Å². The van der Waals surface area contributed by atoms with Gasteiger partial charge in [0.2, 0.25) is 5.91 Å². The Morgan fingerprint density at radius 1 is 1.31 bits per heavy atom. The summed E-state index contributed by atoms with van der Waals surface area (Å²) in [6, 6.07) is 4.96. The molecule has 1 fully saturated rings. The quantitative estimate of drug-likeness (QED) is 0.382. The van der Waals surface area contributed by atoms with Crippen molar-refractivity contribution in [1.29, 1.82) is 0 Å². The lowest BCUT2D eigenvalue weighted by Gasteiger charge is -2.21. The van der Waals surface area contributed by atoms with Crippen molar-refractivity contribution >= 4 is 33.3 Å². The lowest BCUT2D eigenvalue weighted by Crippen LogP contribution is -2.40. The maximum Gasteiger partial charge on any atom is 0.267 e. The normalized spacial score (nSPS) is 15.9. The van der Waals surface area contributed by atoms with Gasteiger partial charge in [-0.15, -0.1) is 0 Å². The lowest BCUT2D eigenvalue weighted by atomic mass is 9.94. The number of ether oxygens (including phenoxy) is 1. The fourth-order valence-electron chi connectivity index (χ4n) is 3.32. The Bertz CT molecular complexity index is 851. The number of hydrogen-bond donors (Lipinski definition) is 3. The fraction of sp³-hybridized carbons (Fsp3) is 0.600. The van der Waals surface area contributed by atoms with Gasteiger partial charge in [-0.3, -0.25) is 9.52 Å². The first-order valence-corrected chi connectivity index (χ1v) is 11.8. The number of amides is 1. The van der Waals surface area contributed by atoms with Crippen LogP contribution in [-0.2, 0) is 20.2 Å². The van der Waals surface area contributed by atoms with Gasteiger partial charge in [-0.25, -0.2) is 8.42 Å². The molecule has 7 nitrogen and oxygen atoms in total. The van der Waals surface area contributed by atoms with Gasteiger partial charge in [0.15, 0.2) is 5.11 Å². The topological polar surface area (TPSA) is 96.5 Å². The number of thiocarbonyl (C=S) groups is 1. The van der Waals surface area contributed by atoms with Gasteiger partial charge in [-0.05, 0) is 56.1 Å². The van der Waals surface area contributed by atoms with Crippen LogP contribution in [0.3, 0.4) is 0 Å². The third-order valence-corrected chi connectivity index (χ3v) is 7.07. The van der Waals surface area contributed by atoms with Gasteiger partial charge in [-0.2, -0.15) is 0 Å². The van der Waals surface area contributed by atoms with Crippen LogP contribution in [0.5, 0.6) is 5.75 Å². The summed E-state index contributed by atoms with van der Waals surface area (Å²) in [5.41, 5.74) is -0.00804. The SMILES string of the molecule is CCCCC[C@H](C)NC(=O)C1(c2ccc(OC)c(S(=O)(=O)NC(=S)NC)c2)CC1. The second-order valence-electron chi connectivity index (χ2n) is 7.50. The second-order valence-corrected chi connectivity index (χ2v) is 9.56. The van der Waals surface area contributed by atoms with Crippen LogP contribution in [0.1, 0.15) is 57.9 Å². The molecule has 1 aliphatic carbocycles. The van der Waals surface area contributed by atoms with Gasteiger partial charge in [0, 0.05) is 13.1 Å². The molecule has 0 unspecified atom stereocenters. The minimum atomic E-state index is -3.94. The largest absolute Gasteiger partial charge is 0.495 e. The highest BCUT2D eigenvalue weighted by Gasteiger charge is 2.51. The molecule has 0 saturated heterocycles. The van der Waals surface area contributed by atoms with Gasteiger partial charge in [0.05, 0.1) is 12.5 Å². The Kier molecular flexibility index (Phi) is 7.87. The van der Waals surface area contributed by atoms with E-state index < -0.39 is 15.4 Å². The summed E-state index contributed by atoms with van der Waals surface area (Å²) in [4.78, 5) is 12.9. The molecule has 162 valence electrons. The van der Waals surface area contributed by atoms with Crippen LogP contribution in [-0.4, -0.2) is 39.6 Å². The molecule has 29 heavy (non-hydrogen) atoms. The molecule has 0 spiro atoms. The molecule has 1 aromatic rings. The number of unbranched alkanes of at least 4 members (excludes halogenated alkanes) is 2. The monoisotopic (exact) mass is 441 g/mol. The van der Waals surface area contributed by atoms with E-state index in [0.717, 1.165) is 25.7 Å². The van der Waals surface area contributed by atoms with Crippen molar-refractivity contribution in [3.63, 3.8) is 0 Å². The molecule has 0 aromatic heterocycles. The van der Waals surface area contributed by atoms with E-state index in [2.05, 4.69) is 22.3 Å². The van der Waals surface area contributed by atoms with Crippen molar-refractivity contribution in [2.75, 3.05) is 14.2 Å². The molecular formula is C20H31N3O4S2. The van der Waals surface area contributed by atoms with Crippen LogP contribution in [0.4, 0.5) is 0 Å². The molecule has 2 rings (SSSR count). The smallest absolute Gasteiger partial charge is 0.267 e. The Hall–Kier alpha value is -1.87. The van der Waals surface area contributed by atoms with Crippen LogP contribution in [0.2, 0.25) is 0 Å². The maximum absolute atomic E-state index is 13.0. The predicted molar refractivity (Wildman–Crippen MR) is 118 cm³/mol. The third kappa shape index (κ3) is 5.60. The highest BCUT2D eigenvalue weighted by molar-refractivity contribution is 7.92. The van der Waals surface area contributed by atoms with E-state index in [1.54, 1.807) is 12.1 Å². The zero-order valence-corrected chi connectivity index (χ0v) is 19.1. The minimum absolute atomic E-state index is 0.0164. The zero-order chi connectivity index (χ0) is 21.7. The fourth-order valence-corrected chi connectivity index (χ4v) is 4.80. The number of nitrogens with one attached hydrogen (secondary N) is 3. The summed E-state index contributed by atoms with van der Waals surface area (Å²) < 4.78 is 33.0. The highest BCUT2D eigenvalue weighted by Crippen LogP contribution is 2.49. The average Bonchev–Trinajstić information content (AvgIpc) is 3.49. The zero-order valence-electron chi connectivity index (χ0n) is 17.5.